The number of halogens is 2. The van der Waals surface area contributed by atoms with Crippen molar-refractivity contribution in [1.29, 1.82) is 0 Å². The lowest BCUT2D eigenvalue weighted by molar-refractivity contribution is 0.0993. The van der Waals surface area contributed by atoms with Gasteiger partial charge in [-0.15, -0.1) is 0 Å². The van der Waals surface area contributed by atoms with Crippen LogP contribution in [0.3, 0.4) is 0 Å². The molecule has 0 fully saturated rings. The Bertz CT molecular complexity index is 591. The smallest absolute Gasteiger partial charge is 0.168 e. The number of Topliss-reactive ketones (excluding diaryl/α,β-unsaturated/α-hetero) is 1. The van der Waals surface area contributed by atoms with Gasteiger partial charge in [0.15, 0.2) is 5.78 Å². The molecule has 0 atom stereocenters. The van der Waals surface area contributed by atoms with Crippen LogP contribution in [0.25, 0.3) is 0 Å². The maximum absolute atomic E-state index is 12.2. The summed E-state index contributed by atoms with van der Waals surface area (Å²) in [5.41, 5.74) is 2.59. The van der Waals surface area contributed by atoms with E-state index in [2.05, 4.69) is 0 Å². The fourth-order valence-electron chi connectivity index (χ4n) is 1.79. The van der Waals surface area contributed by atoms with Crippen LogP contribution < -0.4 is 0 Å². The number of rotatable bonds is 3. The molecule has 0 N–H and O–H groups in total. The standard InChI is InChI=1S/C15H12Cl2O/c1-10-4-2-3-5-11(10)8-15(18)13-9-12(16)6-7-14(13)17/h2-7,9H,8H2,1H3. The molecule has 92 valence electrons. The van der Waals surface area contributed by atoms with Crippen molar-refractivity contribution in [1.82, 2.24) is 0 Å². The van der Waals surface area contributed by atoms with E-state index in [1.54, 1.807) is 18.2 Å². The van der Waals surface area contributed by atoms with Gasteiger partial charge in [-0.2, -0.15) is 0 Å². The summed E-state index contributed by atoms with van der Waals surface area (Å²) in [4.78, 5) is 12.2. The summed E-state index contributed by atoms with van der Waals surface area (Å²) in [5, 5.41) is 0.963. The first kappa shape index (κ1) is 13.1. The van der Waals surface area contributed by atoms with Crippen molar-refractivity contribution in [2.24, 2.45) is 0 Å². The molecule has 0 spiro atoms. The minimum Gasteiger partial charge on any atom is -0.294 e. The van der Waals surface area contributed by atoms with Gasteiger partial charge in [0, 0.05) is 17.0 Å². The van der Waals surface area contributed by atoms with Crippen LogP contribution in [-0.4, -0.2) is 5.78 Å². The molecule has 0 heterocycles. The van der Waals surface area contributed by atoms with Crippen molar-refractivity contribution in [3.63, 3.8) is 0 Å². The summed E-state index contributed by atoms with van der Waals surface area (Å²) in [6.45, 7) is 1.99. The van der Waals surface area contributed by atoms with Crippen LogP contribution in [0, 0.1) is 6.92 Å². The second kappa shape index (κ2) is 5.55. The molecule has 0 radical (unpaired) electrons. The molecule has 1 nitrogen and oxygen atoms in total. The summed E-state index contributed by atoms with van der Waals surface area (Å²) in [5.74, 6) is -0.0169. The van der Waals surface area contributed by atoms with E-state index in [9.17, 15) is 4.79 Å². The molecular weight excluding hydrogens is 267 g/mol. The summed E-state index contributed by atoms with van der Waals surface area (Å²) in [6.07, 6.45) is 0.340. The van der Waals surface area contributed by atoms with Crippen LogP contribution in [0.2, 0.25) is 10.0 Å². The Morgan fingerprint density at radius 1 is 1.11 bits per heavy atom. The molecule has 0 saturated carbocycles. The zero-order chi connectivity index (χ0) is 13.1. The SMILES string of the molecule is Cc1ccccc1CC(=O)c1cc(Cl)ccc1Cl. The minimum absolute atomic E-state index is 0.0169. The highest BCUT2D eigenvalue weighted by Crippen LogP contribution is 2.22. The van der Waals surface area contributed by atoms with Crippen LogP contribution >= 0.6 is 23.2 Å². The van der Waals surface area contributed by atoms with Gasteiger partial charge in [-0.3, -0.25) is 4.79 Å². The van der Waals surface area contributed by atoms with E-state index in [1.807, 2.05) is 31.2 Å². The highest BCUT2D eigenvalue weighted by molar-refractivity contribution is 6.35. The van der Waals surface area contributed by atoms with Crippen molar-refractivity contribution in [3.05, 3.63) is 69.2 Å². The number of hydrogen-bond acceptors (Lipinski definition) is 1. The summed E-state index contributed by atoms with van der Waals surface area (Å²) in [7, 11) is 0. The molecule has 0 unspecified atom stereocenters. The predicted octanol–water partition coefficient (Wildman–Crippen LogP) is 4.73. The van der Waals surface area contributed by atoms with E-state index in [0.29, 0.717) is 22.0 Å². The highest BCUT2D eigenvalue weighted by atomic mass is 35.5. The second-order valence-electron chi connectivity index (χ2n) is 4.15. The molecule has 2 rings (SSSR count). The van der Waals surface area contributed by atoms with Crippen LogP contribution in [-0.2, 0) is 6.42 Å². The van der Waals surface area contributed by atoms with Crippen molar-refractivity contribution in [3.8, 4) is 0 Å². The number of hydrogen-bond donors (Lipinski definition) is 0. The Labute approximate surface area is 116 Å². The van der Waals surface area contributed by atoms with Crippen LogP contribution in [0.5, 0.6) is 0 Å². The summed E-state index contributed by atoms with van der Waals surface area (Å²) < 4.78 is 0. The van der Waals surface area contributed by atoms with Gasteiger partial charge in [0.05, 0.1) is 5.02 Å². The fourth-order valence-corrected chi connectivity index (χ4v) is 2.18. The molecule has 2 aromatic rings. The maximum Gasteiger partial charge on any atom is 0.168 e. The lowest BCUT2D eigenvalue weighted by Gasteiger charge is -2.06. The molecule has 0 amide bonds. The Hall–Kier alpha value is -1.31. The normalized spacial score (nSPS) is 10.4. The Kier molecular flexibility index (Phi) is 4.05. The van der Waals surface area contributed by atoms with Crippen molar-refractivity contribution >= 4 is 29.0 Å². The third-order valence-electron chi connectivity index (χ3n) is 2.84. The van der Waals surface area contributed by atoms with Gasteiger partial charge in [0.25, 0.3) is 0 Å². The van der Waals surface area contributed by atoms with E-state index >= 15 is 0 Å². The van der Waals surface area contributed by atoms with E-state index in [4.69, 9.17) is 23.2 Å². The summed E-state index contributed by atoms with van der Waals surface area (Å²) >= 11 is 11.9. The van der Waals surface area contributed by atoms with Crippen LogP contribution in [0.1, 0.15) is 21.5 Å². The molecule has 18 heavy (non-hydrogen) atoms. The molecule has 0 aliphatic rings. The average Bonchev–Trinajstić information content (AvgIpc) is 2.35. The molecular formula is C15H12Cl2O. The van der Waals surface area contributed by atoms with Crippen LogP contribution in [0.15, 0.2) is 42.5 Å². The first-order chi connectivity index (χ1) is 8.58. The number of benzene rings is 2. The monoisotopic (exact) mass is 278 g/mol. The topological polar surface area (TPSA) is 17.1 Å². The van der Waals surface area contributed by atoms with Gasteiger partial charge < -0.3 is 0 Å². The van der Waals surface area contributed by atoms with Crippen molar-refractivity contribution in [2.75, 3.05) is 0 Å². The third-order valence-corrected chi connectivity index (χ3v) is 3.41. The largest absolute Gasteiger partial charge is 0.294 e. The number of carbonyl (C=O) groups excluding carboxylic acids is 1. The lowest BCUT2D eigenvalue weighted by atomic mass is 9.99. The molecule has 0 aromatic heterocycles. The van der Waals surface area contributed by atoms with E-state index in [0.717, 1.165) is 11.1 Å². The fraction of sp³-hybridized carbons (Fsp3) is 0.133. The molecule has 3 heteroatoms. The highest BCUT2D eigenvalue weighted by Gasteiger charge is 2.12. The number of carbonyl (C=O) groups is 1. The minimum atomic E-state index is -0.0169. The molecule has 0 aliphatic carbocycles. The first-order valence-electron chi connectivity index (χ1n) is 5.60. The molecule has 0 aliphatic heterocycles. The third kappa shape index (κ3) is 2.92. The Balaban J connectivity index is 2.28. The van der Waals surface area contributed by atoms with Gasteiger partial charge >= 0.3 is 0 Å². The zero-order valence-corrected chi connectivity index (χ0v) is 11.4. The second-order valence-corrected chi connectivity index (χ2v) is 4.99. The van der Waals surface area contributed by atoms with Gasteiger partial charge in [-0.1, -0.05) is 47.5 Å². The Morgan fingerprint density at radius 3 is 2.56 bits per heavy atom. The van der Waals surface area contributed by atoms with Gasteiger partial charge in [0.2, 0.25) is 0 Å². The van der Waals surface area contributed by atoms with Crippen LogP contribution in [0.4, 0.5) is 0 Å². The zero-order valence-electron chi connectivity index (χ0n) is 9.91. The molecule has 0 saturated heterocycles. The van der Waals surface area contributed by atoms with Gasteiger partial charge in [0.1, 0.15) is 0 Å². The molecule has 0 bridgehead atoms. The number of ketones is 1. The van der Waals surface area contributed by atoms with Gasteiger partial charge in [-0.25, -0.2) is 0 Å². The van der Waals surface area contributed by atoms with E-state index in [-0.39, 0.29) is 5.78 Å². The average molecular weight is 279 g/mol. The summed E-state index contributed by atoms with van der Waals surface area (Å²) in [6, 6.07) is 12.8. The lowest BCUT2D eigenvalue weighted by Crippen LogP contribution is -2.05. The quantitative estimate of drug-likeness (QED) is 0.742. The molecule has 2 aromatic carbocycles. The number of aryl methyl sites for hydroxylation is 1. The van der Waals surface area contributed by atoms with Gasteiger partial charge in [-0.05, 0) is 36.2 Å². The van der Waals surface area contributed by atoms with E-state index in [1.165, 1.54) is 0 Å². The van der Waals surface area contributed by atoms with Crippen molar-refractivity contribution in [2.45, 2.75) is 13.3 Å². The van der Waals surface area contributed by atoms with E-state index < -0.39 is 0 Å². The first-order valence-corrected chi connectivity index (χ1v) is 6.36. The van der Waals surface area contributed by atoms with Crippen molar-refractivity contribution < 1.29 is 4.79 Å². The maximum atomic E-state index is 12.2. The Morgan fingerprint density at radius 2 is 1.83 bits per heavy atom. The predicted molar refractivity (Wildman–Crippen MR) is 75.7 cm³/mol.